The molecule has 0 amide bonds. The van der Waals surface area contributed by atoms with Crippen LogP contribution < -0.4 is 4.74 Å². The molecule has 2 aromatic carbocycles. The molecule has 0 unspecified atom stereocenters. The number of aliphatic carboxylic acids is 1. The zero-order chi connectivity index (χ0) is 15.4. The molecule has 0 bridgehead atoms. The molecule has 5 heteroatoms. The number of aryl methyl sites for hydroxylation is 1. The highest BCUT2D eigenvalue weighted by Crippen LogP contribution is 2.32. The summed E-state index contributed by atoms with van der Waals surface area (Å²) in [5.41, 5.74) is 1.80. The average Bonchev–Trinajstić information content (AvgIpc) is 2.42. The molecule has 0 aliphatic carbocycles. The molecule has 0 heterocycles. The van der Waals surface area contributed by atoms with Gasteiger partial charge in [-0.3, -0.25) is 0 Å². The first-order valence-electron chi connectivity index (χ1n) is 6.10. The smallest absolute Gasteiger partial charge is 0.328 e. The fourth-order valence-corrected chi connectivity index (χ4v) is 2.33. The number of hydrogen-bond acceptors (Lipinski definition) is 2. The Hall–Kier alpha value is -1.78. The van der Waals surface area contributed by atoms with Gasteiger partial charge in [-0.25, -0.2) is 4.79 Å². The van der Waals surface area contributed by atoms with E-state index in [4.69, 9.17) is 21.4 Å². The van der Waals surface area contributed by atoms with Gasteiger partial charge in [0.2, 0.25) is 0 Å². The summed E-state index contributed by atoms with van der Waals surface area (Å²) in [5.74, 6) is 0.202. The van der Waals surface area contributed by atoms with Gasteiger partial charge in [-0.05, 0) is 48.4 Å². The van der Waals surface area contributed by atoms with E-state index in [2.05, 4.69) is 15.9 Å². The third-order valence-corrected chi connectivity index (χ3v) is 3.69. The lowest BCUT2D eigenvalue weighted by Crippen LogP contribution is -1.89. The number of carboxylic acids is 1. The van der Waals surface area contributed by atoms with Crippen LogP contribution in [0.1, 0.15) is 11.1 Å². The maximum absolute atomic E-state index is 10.5. The molecule has 0 spiro atoms. The second-order valence-corrected chi connectivity index (χ2v) is 5.65. The fourth-order valence-electron chi connectivity index (χ4n) is 1.68. The Morgan fingerprint density at radius 1 is 1.29 bits per heavy atom. The van der Waals surface area contributed by atoms with Crippen molar-refractivity contribution in [1.29, 1.82) is 0 Å². The van der Waals surface area contributed by atoms with Crippen molar-refractivity contribution in [3.63, 3.8) is 0 Å². The van der Waals surface area contributed by atoms with Crippen LogP contribution in [-0.2, 0) is 4.79 Å². The number of benzene rings is 2. The molecule has 2 rings (SSSR count). The number of hydrogen-bond donors (Lipinski definition) is 1. The SMILES string of the molecule is Cc1ccc(Cl)c(Oc2ccc(/C=C/C(=O)O)c(Br)c2)c1. The molecule has 108 valence electrons. The highest BCUT2D eigenvalue weighted by molar-refractivity contribution is 9.10. The van der Waals surface area contributed by atoms with E-state index >= 15 is 0 Å². The van der Waals surface area contributed by atoms with Gasteiger partial charge in [-0.1, -0.05) is 39.7 Å². The molecule has 2 aromatic rings. The summed E-state index contributed by atoms with van der Waals surface area (Å²) in [6, 6.07) is 10.8. The quantitative estimate of drug-likeness (QED) is 0.746. The maximum atomic E-state index is 10.5. The Labute approximate surface area is 135 Å². The lowest BCUT2D eigenvalue weighted by atomic mass is 10.2. The standard InChI is InChI=1S/C16H12BrClO3/c1-10-2-6-14(18)15(8-10)21-12-5-3-11(13(17)9-12)4-7-16(19)20/h2-9H,1H3,(H,19,20)/b7-4+. The number of carbonyl (C=O) groups is 1. The summed E-state index contributed by atoms with van der Waals surface area (Å²) in [6.07, 6.45) is 2.59. The van der Waals surface area contributed by atoms with Gasteiger partial charge in [-0.2, -0.15) is 0 Å². The second-order valence-electron chi connectivity index (χ2n) is 4.39. The number of ether oxygens (including phenoxy) is 1. The first-order chi connectivity index (χ1) is 9.95. The van der Waals surface area contributed by atoms with Crippen LogP contribution in [0.4, 0.5) is 0 Å². The van der Waals surface area contributed by atoms with E-state index in [-0.39, 0.29) is 0 Å². The average molecular weight is 368 g/mol. The zero-order valence-corrected chi connectivity index (χ0v) is 13.5. The molecule has 1 N–H and O–H groups in total. The molecular weight excluding hydrogens is 356 g/mol. The zero-order valence-electron chi connectivity index (χ0n) is 11.1. The lowest BCUT2D eigenvalue weighted by molar-refractivity contribution is -0.131. The molecule has 0 saturated carbocycles. The van der Waals surface area contributed by atoms with Crippen molar-refractivity contribution in [2.75, 3.05) is 0 Å². The largest absolute Gasteiger partial charge is 0.478 e. The Morgan fingerprint density at radius 3 is 2.71 bits per heavy atom. The lowest BCUT2D eigenvalue weighted by Gasteiger charge is -2.09. The Bertz CT molecular complexity index is 711. The van der Waals surface area contributed by atoms with E-state index < -0.39 is 5.97 Å². The molecule has 21 heavy (non-hydrogen) atoms. The molecule has 0 fully saturated rings. The molecule has 0 radical (unpaired) electrons. The Morgan fingerprint density at radius 2 is 2.05 bits per heavy atom. The Balaban J connectivity index is 2.24. The van der Waals surface area contributed by atoms with Crippen LogP contribution in [0.25, 0.3) is 6.08 Å². The van der Waals surface area contributed by atoms with Crippen LogP contribution in [0.5, 0.6) is 11.5 Å². The van der Waals surface area contributed by atoms with E-state index in [0.29, 0.717) is 16.5 Å². The summed E-state index contributed by atoms with van der Waals surface area (Å²) >= 11 is 9.48. The van der Waals surface area contributed by atoms with E-state index in [9.17, 15) is 4.79 Å². The topological polar surface area (TPSA) is 46.5 Å². The van der Waals surface area contributed by atoms with Crippen molar-refractivity contribution in [3.05, 3.63) is 63.1 Å². The van der Waals surface area contributed by atoms with Crippen LogP contribution in [-0.4, -0.2) is 11.1 Å². The third kappa shape index (κ3) is 4.34. The number of carboxylic acid groups (broad SMARTS) is 1. The van der Waals surface area contributed by atoms with Crippen LogP contribution in [0.15, 0.2) is 46.9 Å². The molecule has 0 aromatic heterocycles. The van der Waals surface area contributed by atoms with E-state index in [1.54, 1.807) is 24.3 Å². The third-order valence-electron chi connectivity index (χ3n) is 2.69. The van der Waals surface area contributed by atoms with Crippen LogP contribution in [0.3, 0.4) is 0 Å². The van der Waals surface area contributed by atoms with Crippen LogP contribution in [0.2, 0.25) is 5.02 Å². The van der Waals surface area contributed by atoms with Gasteiger partial charge in [0.25, 0.3) is 0 Å². The first kappa shape index (κ1) is 15.6. The van der Waals surface area contributed by atoms with Gasteiger partial charge in [0.15, 0.2) is 0 Å². The maximum Gasteiger partial charge on any atom is 0.328 e. The first-order valence-corrected chi connectivity index (χ1v) is 7.27. The minimum Gasteiger partial charge on any atom is -0.478 e. The van der Waals surface area contributed by atoms with E-state index in [0.717, 1.165) is 21.7 Å². The molecular formula is C16H12BrClO3. The minimum atomic E-state index is -0.992. The second kappa shape index (κ2) is 6.78. The van der Waals surface area contributed by atoms with Crippen molar-refractivity contribution in [2.45, 2.75) is 6.92 Å². The van der Waals surface area contributed by atoms with Gasteiger partial charge in [0.05, 0.1) is 5.02 Å². The molecule has 0 saturated heterocycles. The predicted molar refractivity (Wildman–Crippen MR) is 87.1 cm³/mol. The van der Waals surface area contributed by atoms with Crippen molar-refractivity contribution in [1.82, 2.24) is 0 Å². The Kier molecular flexibility index (Phi) is 5.04. The summed E-state index contributed by atoms with van der Waals surface area (Å²) in [7, 11) is 0. The fraction of sp³-hybridized carbons (Fsp3) is 0.0625. The van der Waals surface area contributed by atoms with Gasteiger partial charge in [0.1, 0.15) is 11.5 Å². The summed E-state index contributed by atoms with van der Waals surface area (Å²) in [6.45, 7) is 1.96. The van der Waals surface area contributed by atoms with E-state index in [1.165, 1.54) is 6.08 Å². The van der Waals surface area contributed by atoms with Gasteiger partial charge < -0.3 is 9.84 Å². The van der Waals surface area contributed by atoms with Gasteiger partial charge in [-0.15, -0.1) is 0 Å². The van der Waals surface area contributed by atoms with Crippen molar-refractivity contribution >= 4 is 39.6 Å². The van der Waals surface area contributed by atoms with Gasteiger partial charge >= 0.3 is 5.97 Å². The summed E-state index contributed by atoms with van der Waals surface area (Å²) in [4.78, 5) is 10.5. The van der Waals surface area contributed by atoms with E-state index in [1.807, 2.05) is 19.1 Å². The molecule has 0 aliphatic heterocycles. The number of rotatable bonds is 4. The molecule has 0 atom stereocenters. The highest BCUT2D eigenvalue weighted by Gasteiger charge is 2.05. The van der Waals surface area contributed by atoms with Crippen molar-refractivity contribution in [3.8, 4) is 11.5 Å². The summed E-state index contributed by atoms with van der Waals surface area (Å²) in [5, 5.41) is 9.16. The molecule has 3 nitrogen and oxygen atoms in total. The normalized spacial score (nSPS) is 10.8. The van der Waals surface area contributed by atoms with Crippen molar-refractivity contribution in [2.24, 2.45) is 0 Å². The number of halogens is 2. The predicted octanol–water partition coefficient (Wildman–Crippen LogP) is 5.30. The van der Waals surface area contributed by atoms with Crippen molar-refractivity contribution < 1.29 is 14.6 Å². The molecule has 0 aliphatic rings. The minimum absolute atomic E-state index is 0.534. The van der Waals surface area contributed by atoms with Crippen LogP contribution >= 0.6 is 27.5 Å². The highest BCUT2D eigenvalue weighted by atomic mass is 79.9. The summed E-state index contributed by atoms with van der Waals surface area (Å²) < 4.78 is 6.49. The van der Waals surface area contributed by atoms with Crippen LogP contribution in [0, 0.1) is 6.92 Å². The monoisotopic (exact) mass is 366 g/mol. The van der Waals surface area contributed by atoms with Gasteiger partial charge in [0, 0.05) is 10.5 Å².